The van der Waals surface area contributed by atoms with Crippen molar-refractivity contribution in [2.24, 2.45) is 0 Å². The Balaban J connectivity index is 1.72. The van der Waals surface area contributed by atoms with Crippen molar-refractivity contribution < 1.29 is 19.4 Å². The van der Waals surface area contributed by atoms with Crippen molar-refractivity contribution in [2.75, 3.05) is 25.6 Å². The number of urea groups is 1. The number of nitrogens with one attached hydrogen (secondary N) is 2. The van der Waals surface area contributed by atoms with E-state index in [4.69, 9.17) is 9.47 Å². The first-order valence-electron chi connectivity index (χ1n) is 7.98. The van der Waals surface area contributed by atoms with Gasteiger partial charge in [-0.3, -0.25) is 0 Å². The number of ether oxygens (including phenoxy) is 2. The Morgan fingerprint density at radius 1 is 1.24 bits per heavy atom. The highest BCUT2D eigenvalue weighted by Crippen LogP contribution is 2.19. The molecule has 2 amide bonds. The standard InChI is InChI=1S/C18H23N3O4/c1-13(14-7-4-3-5-8-14)25-12-15(22)11-20-18(23)21-16-9-6-10-19-17(16)24-2/h3-10,13,15,22H,11-12H2,1-2H3,(H2,20,21,23)/t13-,15+/m0/s1. The van der Waals surface area contributed by atoms with Crippen molar-refractivity contribution in [2.45, 2.75) is 19.1 Å². The predicted molar refractivity (Wildman–Crippen MR) is 94.6 cm³/mol. The van der Waals surface area contributed by atoms with Crippen molar-refractivity contribution in [1.82, 2.24) is 10.3 Å². The fraction of sp³-hybridized carbons (Fsp3) is 0.333. The maximum absolute atomic E-state index is 11.9. The lowest BCUT2D eigenvalue weighted by Crippen LogP contribution is -2.37. The molecule has 1 aromatic carbocycles. The van der Waals surface area contributed by atoms with E-state index in [0.717, 1.165) is 5.56 Å². The molecule has 0 aliphatic carbocycles. The zero-order valence-corrected chi connectivity index (χ0v) is 14.3. The molecule has 2 rings (SSSR count). The third-order valence-corrected chi connectivity index (χ3v) is 3.52. The minimum absolute atomic E-state index is 0.0654. The zero-order valence-electron chi connectivity index (χ0n) is 14.3. The summed E-state index contributed by atoms with van der Waals surface area (Å²) >= 11 is 0. The van der Waals surface area contributed by atoms with Crippen LogP contribution in [0.25, 0.3) is 0 Å². The molecule has 0 spiro atoms. The molecule has 0 saturated carbocycles. The molecule has 3 N–H and O–H groups in total. The largest absolute Gasteiger partial charge is 0.480 e. The van der Waals surface area contributed by atoms with Crippen molar-refractivity contribution in [1.29, 1.82) is 0 Å². The second-order valence-electron chi connectivity index (χ2n) is 5.44. The third-order valence-electron chi connectivity index (χ3n) is 3.52. The predicted octanol–water partition coefficient (Wildman–Crippen LogP) is 2.35. The van der Waals surface area contributed by atoms with Gasteiger partial charge in [-0.05, 0) is 24.6 Å². The van der Waals surface area contributed by atoms with Gasteiger partial charge < -0.3 is 25.2 Å². The number of pyridine rings is 1. The molecule has 1 aromatic heterocycles. The number of aliphatic hydroxyl groups is 1. The number of methoxy groups -OCH3 is 1. The first kappa shape index (κ1) is 18.7. The molecule has 134 valence electrons. The van der Waals surface area contributed by atoms with Crippen molar-refractivity contribution in [3.8, 4) is 5.88 Å². The summed E-state index contributed by atoms with van der Waals surface area (Å²) in [7, 11) is 1.47. The summed E-state index contributed by atoms with van der Waals surface area (Å²) in [6, 6.07) is 12.6. The van der Waals surface area contributed by atoms with E-state index in [1.807, 2.05) is 37.3 Å². The van der Waals surface area contributed by atoms with Gasteiger partial charge in [0.15, 0.2) is 0 Å². The third kappa shape index (κ3) is 6.06. The Morgan fingerprint density at radius 2 is 2.00 bits per heavy atom. The molecule has 0 aliphatic heterocycles. The van der Waals surface area contributed by atoms with E-state index in [9.17, 15) is 9.90 Å². The molecule has 2 atom stereocenters. The van der Waals surface area contributed by atoms with Gasteiger partial charge in [0, 0.05) is 12.7 Å². The zero-order chi connectivity index (χ0) is 18.1. The molecule has 0 saturated heterocycles. The Hall–Kier alpha value is -2.64. The van der Waals surface area contributed by atoms with Crippen molar-refractivity contribution in [3.05, 3.63) is 54.2 Å². The van der Waals surface area contributed by atoms with E-state index < -0.39 is 12.1 Å². The average molecular weight is 345 g/mol. The van der Waals surface area contributed by atoms with E-state index in [1.54, 1.807) is 18.3 Å². The summed E-state index contributed by atoms with van der Waals surface area (Å²) in [5, 5.41) is 15.2. The fourth-order valence-corrected chi connectivity index (χ4v) is 2.16. The quantitative estimate of drug-likeness (QED) is 0.683. The molecule has 0 unspecified atom stereocenters. The molecule has 0 bridgehead atoms. The van der Waals surface area contributed by atoms with Gasteiger partial charge >= 0.3 is 6.03 Å². The van der Waals surface area contributed by atoms with Crippen molar-refractivity contribution >= 4 is 11.7 Å². The lowest BCUT2D eigenvalue weighted by atomic mass is 10.1. The van der Waals surface area contributed by atoms with E-state index in [2.05, 4.69) is 15.6 Å². The molecule has 25 heavy (non-hydrogen) atoms. The van der Waals surface area contributed by atoms with Gasteiger partial charge in [-0.1, -0.05) is 30.3 Å². The molecule has 0 radical (unpaired) electrons. The minimum Gasteiger partial charge on any atom is -0.480 e. The number of anilines is 1. The van der Waals surface area contributed by atoms with Crippen LogP contribution in [0.1, 0.15) is 18.6 Å². The monoisotopic (exact) mass is 345 g/mol. The van der Waals surface area contributed by atoms with E-state index >= 15 is 0 Å². The maximum Gasteiger partial charge on any atom is 0.319 e. The Bertz CT molecular complexity index is 666. The highest BCUT2D eigenvalue weighted by Gasteiger charge is 2.12. The van der Waals surface area contributed by atoms with Crippen LogP contribution >= 0.6 is 0 Å². The van der Waals surface area contributed by atoms with Gasteiger partial charge in [0.2, 0.25) is 5.88 Å². The van der Waals surface area contributed by atoms with Gasteiger partial charge in [-0.2, -0.15) is 0 Å². The van der Waals surface area contributed by atoms with Crippen LogP contribution in [0, 0.1) is 0 Å². The number of benzene rings is 1. The number of hydrogen-bond donors (Lipinski definition) is 3. The van der Waals surface area contributed by atoms with Gasteiger partial charge in [-0.15, -0.1) is 0 Å². The number of rotatable bonds is 8. The highest BCUT2D eigenvalue weighted by atomic mass is 16.5. The summed E-state index contributed by atoms with van der Waals surface area (Å²) in [5.74, 6) is 0.318. The van der Waals surface area contributed by atoms with Crippen LogP contribution in [-0.4, -0.2) is 42.5 Å². The second-order valence-corrected chi connectivity index (χ2v) is 5.44. The van der Waals surface area contributed by atoms with Gasteiger partial charge in [-0.25, -0.2) is 9.78 Å². The van der Waals surface area contributed by atoms with Gasteiger partial charge in [0.25, 0.3) is 0 Å². The minimum atomic E-state index is -0.812. The summed E-state index contributed by atoms with van der Waals surface area (Å²) in [6.07, 6.45) is 0.619. The Morgan fingerprint density at radius 3 is 2.72 bits per heavy atom. The number of carbonyl (C=O) groups is 1. The van der Waals surface area contributed by atoms with Crippen LogP contribution in [0.2, 0.25) is 0 Å². The maximum atomic E-state index is 11.9. The number of carbonyl (C=O) groups excluding carboxylic acids is 1. The average Bonchev–Trinajstić information content (AvgIpc) is 2.65. The van der Waals surface area contributed by atoms with Crippen LogP contribution in [0.5, 0.6) is 5.88 Å². The van der Waals surface area contributed by atoms with E-state index in [0.29, 0.717) is 11.6 Å². The number of hydrogen-bond acceptors (Lipinski definition) is 5. The molecular formula is C18H23N3O4. The fourth-order valence-electron chi connectivity index (χ4n) is 2.16. The first-order chi connectivity index (χ1) is 12.1. The number of amides is 2. The van der Waals surface area contributed by atoms with E-state index in [1.165, 1.54) is 7.11 Å². The number of nitrogens with zero attached hydrogens (tertiary/aromatic N) is 1. The summed E-state index contributed by atoms with van der Waals surface area (Å²) in [6.45, 7) is 2.10. The highest BCUT2D eigenvalue weighted by molar-refractivity contribution is 5.90. The summed E-state index contributed by atoms with van der Waals surface area (Å²) in [4.78, 5) is 15.9. The van der Waals surface area contributed by atoms with Crippen LogP contribution < -0.4 is 15.4 Å². The SMILES string of the molecule is COc1ncccc1NC(=O)NC[C@@H](O)CO[C@@H](C)c1ccccc1. The molecule has 0 aliphatic rings. The van der Waals surface area contributed by atoms with Gasteiger partial charge in [0.1, 0.15) is 5.69 Å². The molecule has 0 fully saturated rings. The number of aliphatic hydroxyl groups excluding tert-OH is 1. The molecule has 7 nitrogen and oxygen atoms in total. The topological polar surface area (TPSA) is 92.7 Å². The molecule has 1 heterocycles. The molecule has 2 aromatic rings. The Kier molecular flexibility index (Phi) is 7.18. The first-order valence-corrected chi connectivity index (χ1v) is 7.98. The molecule has 7 heteroatoms. The Labute approximate surface area is 147 Å². The lowest BCUT2D eigenvalue weighted by Gasteiger charge is -2.17. The van der Waals surface area contributed by atoms with E-state index in [-0.39, 0.29) is 19.3 Å². The summed E-state index contributed by atoms with van der Waals surface area (Å²) < 4.78 is 10.7. The van der Waals surface area contributed by atoms with Crippen LogP contribution in [0.3, 0.4) is 0 Å². The normalized spacial score (nSPS) is 12.9. The van der Waals surface area contributed by atoms with Crippen LogP contribution in [-0.2, 0) is 4.74 Å². The van der Waals surface area contributed by atoms with Crippen molar-refractivity contribution in [3.63, 3.8) is 0 Å². The summed E-state index contributed by atoms with van der Waals surface area (Å²) in [5.41, 5.74) is 1.48. The smallest absolute Gasteiger partial charge is 0.319 e. The van der Waals surface area contributed by atoms with Crippen LogP contribution in [0.4, 0.5) is 10.5 Å². The van der Waals surface area contributed by atoms with Crippen LogP contribution in [0.15, 0.2) is 48.7 Å². The lowest BCUT2D eigenvalue weighted by molar-refractivity contribution is -0.000953. The van der Waals surface area contributed by atoms with Gasteiger partial charge in [0.05, 0.1) is 25.9 Å². The number of aromatic nitrogens is 1. The molecular weight excluding hydrogens is 322 g/mol. The second kappa shape index (κ2) is 9.61.